The smallest absolute Gasteiger partial charge is 0.270 e. The Kier molecular flexibility index (Phi) is 7.41. The van der Waals surface area contributed by atoms with Gasteiger partial charge in [0, 0.05) is 31.8 Å². The second-order valence-corrected chi connectivity index (χ2v) is 10.1. The molecule has 0 spiro atoms. The highest BCUT2D eigenvalue weighted by Crippen LogP contribution is 2.32. The number of amides is 2. The van der Waals surface area contributed by atoms with Gasteiger partial charge >= 0.3 is 0 Å². The van der Waals surface area contributed by atoms with Crippen molar-refractivity contribution in [3.63, 3.8) is 0 Å². The molecule has 0 fully saturated rings. The molecule has 2 N–H and O–H groups in total. The van der Waals surface area contributed by atoms with E-state index in [4.69, 9.17) is 4.98 Å². The number of hydrogen-bond acceptors (Lipinski definition) is 3. The summed E-state index contributed by atoms with van der Waals surface area (Å²) in [5.41, 5.74) is 6.43. The molecule has 4 aromatic rings. The maximum atomic E-state index is 13.6. The lowest BCUT2D eigenvalue weighted by molar-refractivity contribution is 0.0944. The molecular formula is C32H31FN4O2. The predicted molar refractivity (Wildman–Crippen MR) is 153 cm³/mol. The van der Waals surface area contributed by atoms with Crippen molar-refractivity contribution in [2.75, 3.05) is 13.6 Å². The maximum absolute atomic E-state index is 13.6. The molecule has 39 heavy (non-hydrogen) atoms. The van der Waals surface area contributed by atoms with Crippen molar-refractivity contribution in [3.8, 4) is 22.3 Å². The number of allylic oxidation sites excluding steroid dienone is 4. The summed E-state index contributed by atoms with van der Waals surface area (Å²) in [6, 6.07) is 19.5. The number of nitrogens with one attached hydrogen (secondary N) is 2. The van der Waals surface area contributed by atoms with Crippen LogP contribution in [-0.4, -0.2) is 34.8 Å². The topological polar surface area (TPSA) is 75.5 Å². The number of hydrogen-bond donors (Lipinski definition) is 2. The average molecular weight is 523 g/mol. The Hall–Kier alpha value is -4.52. The van der Waals surface area contributed by atoms with Gasteiger partial charge in [0.05, 0.1) is 5.69 Å². The molecule has 0 radical (unpaired) electrons. The third kappa shape index (κ3) is 5.39. The zero-order valence-electron chi connectivity index (χ0n) is 22.3. The lowest BCUT2D eigenvalue weighted by Crippen LogP contribution is -2.27. The van der Waals surface area contributed by atoms with Crippen LogP contribution in [0.1, 0.15) is 53.2 Å². The number of benzene rings is 2. The Morgan fingerprint density at radius 2 is 1.72 bits per heavy atom. The highest BCUT2D eigenvalue weighted by atomic mass is 19.1. The van der Waals surface area contributed by atoms with Crippen LogP contribution in [-0.2, 0) is 0 Å². The lowest BCUT2D eigenvalue weighted by atomic mass is 9.95. The van der Waals surface area contributed by atoms with Crippen LogP contribution in [0.4, 0.5) is 4.39 Å². The molecule has 2 aromatic heterocycles. The Morgan fingerprint density at radius 3 is 2.41 bits per heavy atom. The summed E-state index contributed by atoms with van der Waals surface area (Å²) in [6.07, 6.45) is 5.75. The minimum atomic E-state index is -0.279. The largest absolute Gasteiger partial charge is 0.354 e. The predicted octanol–water partition coefficient (Wildman–Crippen LogP) is 6.44. The van der Waals surface area contributed by atoms with E-state index >= 15 is 0 Å². The molecule has 2 aromatic carbocycles. The van der Waals surface area contributed by atoms with E-state index in [9.17, 15) is 14.0 Å². The van der Waals surface area contributed by atoms with Crippen molar-refractivity contribution in [2.45, 2.75) is 26.7 Å². The van der Waals surface area contributed by atoms with Crippen LogP contribution in [0.5, 0.6) is 0 Å². The monoisotopic (exact) mass is 522 g/mol. The number of carbonyl (C=O) groups excluding carboxylic acids is 2. The van der Waals surface area contributed by atoms with Crippen LogP contribution < -0.4 is 10.6 Å². The standard InChI is InChI=1S/C32H31FN4O2/c1-20(2)18-35-31(38)27-17-23(11-15-26(27)21-7-5-4-6-8-21)24-12-16-28-36-29(22-9-13-25(33)14-10-22)30(32(39)34-3)37(28)19-24/h4-9,11-13,15-17,19-20H,10,14,18H2,1-3H3,(H,34,39)(H,35,38). The first-order chi connectivity index (χ1) is 18.9. The molecular weight excluding hydrogens is 491 g/mol. The van der Waals surface area contributed by atoms with E-state index < -0.39 is 0 Å². The molecule has 1 aliphatic carbocycles. The number of aromatic nitrogens is 2. The van der Waals surface area contributed by atoms with E-state index in [1.165, 1.54) is 6.08 Å². The fraction of sp³-hybridized carbons (Fsp3) is 0.219. The Bertz CT molecular complexity index is 1620. The number of pyridine rings is 1. The van der Waals surface area contributed by atoms with Gasteiger partial charge in [0.25, 0.3) is 11.8 Å². The van der Waals surface area contributed by atoms with Crippen molar-refractivity contribution in [1.29, 1.82) is 0 Å². The number of imidazole rings is 1. The average Bonchev–Trinajstić information content (AvgIpc) is 3.34. The van der Waals surface area contributed by atoms with Gasteiger partial charge < -0.3 is 10.6 Å². The van der Waals surface area contributed by atoms with Crippen LogP contribution in [0.25, 0.3) is 33.5 Å². The summed E-state index contributed by atoms with van der Waals surface area (Å²) in [5, 5.41) is 5.76. The van der Waals surface area contributed by atoms with Crippen molar-refractivity contribution in [3.05, 3.63) is 102 Å². The molecule has 2 heterocycles. The molecule has 6 nitrogen and oxygen atoms in total. The van der Waals surface area contributed by atoms with Crippen LogP contribution in [0.3, 0.4) is 0 Å². The number of fused-ring (bicyclic) bond motifs is 1. The van der Waals surface area contributed by atoms with E-state index in [0.29, 0.717) is 41.5 Å². The molecule has 5 rings (SSSR count). The van der Waals surface area contributed by atoms with Gasteiger partial charge in [-0.15, -0.1) is 0 Å². The third-order valence-corrected chi connectivity index (χ3v) is 6.82. The maximum Gasteiger partial charge on any atom is 0.270 e. The molecule has 0 aliphatic heterocycles. The molecule has 2 amide bonds. The molecule has 0 bridgehead atoms. The van der Waals surface area contributed by atoms with Crippen LogP contribution in [0, 0.1) is 5.92 Å². The first-order valence-electron chi connectivity index (χ1n) is 13.1. The SMILES string of the molecule is CNC(=O)c1c(C2=CC=C(F)CC2)nc2ccc(-c3ccc(-c4ccccc4)c(C(=O)NCC(C)C)c3)cn12. The summed E-state index contributed by atoms with van der Waals surface area (Å²) in [4.78, 5) is 31.0. The van der Waals surface area contributed by atoms with E-state index in [2.05, 4.69) is 24.5 Å². The van der Waals surface area contributed by atoms with Gasteiger partial charge in [0.1, 0.15) is 17.2 Å². The van der Waals surface area contributed by atoms with Gasteiger partial charge in [0.15, 0.2) is 0 Å². The van der Waals surface area contributed by atoms with E-state index in [1.807, 2.05) is 66.9 Å². The number of halogens is 1. The van der Waals surface area contributed by atoms with E-state index in [0.717, 1.165) is 27.8 Å². The Morgan fingerprint density at radius 1 is 0.949 bits per heavy atom. The Balaban J connectivity index is 1.62. The van der Waals surface area contributed by atoms with Crippen molar-refractivity contribution >= 4 is 23.0 Å². The van der Waals surface area contributed by atoms with Gasteiger partial charge in [-0.1, -0.05) is 62.4 Å². The van der Waals surface area contributed by atoms with Crippen molar-refractivity contribution in [1.82, 2.24) is 20.0 Å². The molecule has 0 saturated heterocycles. The number of rotatable bonds is 7. The summed E-state index contributed by atoms with van der Waals surface area (Å²) in [6.45, 7) is 4.69. The minimum absolute atomic E-state index is 0.133. The summed E-state index contributed by atoms with van der Waals surface area (Å²) < 4.78 is 15.4. The first kappa shape index (κ1) is 26.1. The van der Waals surface area contributed by atoms with Crippen LogP contribution in [0.2, 0.25) is 0 Å². The number of nitrogens with zero attached hydrogens (tertiary/aromatic N) is 2. The zero-order chi connectivity index (χ0) is 27.5. The molecule has 1 aliphatic rings. The van der Waals surface area contributed by atoms with Gasteiger partial charge in [-0.25, -0.2) is 9.37 Å². The fourth-order valence-corrected chi connectivity index (χ4v) is 4.76. The second kappa shape index (κ2) is 11.1. The third-order valence-electron chi connectivity index (χ3n) is 6.82. The highest BCUT2D eigenvalue weighted by molar-refractivity contribution is 6.02. The Labute approximate surface area is 227 Å². The fourth-order valence-electron chi connectivity index (χ4n) is 4.76. The summed E-state index contributed by atoms with van der Waals surface area (Å²) >= 11 is 0. The molecule has 0 saturated carbocycles. The van der Waals surface area contributed by atoms with Crippen molar-refractivity contribution in [2.24, 2.45) is 5.92 Å². The quantitative estimate of drug-likeness (QED) is 0.293. The zero-order valence-corrected chi connectivity index (χ0v) is 22.3. The lowest BCUT2D eigenvalue weighted by Gasteiger charge is -2.14. The second-order valence-electron chi connectivity index (χ2n) is 10.1. The van der Waals surface area contributed by atoms with Crippen LogP contribution in [0.15, 0.2) is 84.8 Å². The van der Waals surface area contributed by atoms with Gasteiger partial charge in [-0.3, -0.25) is 14.0 Å². The summed E-state index contributed by atoms with van der Waals surface area (Å²) in [5.74, 6) is -0.271. The molecule has 0 atom stereocenters. The van der Waals surface area contributed by atoms with E-state index in [-0.39, 0.29) is 24.1 Å². The molecule has 0 unspecified atom stereocenters. The minimum Gasteiger partial charge on any atom is -0.354 e. The number of carbonyl (C=O) groups is 2. The van der Waals surface area contributed by atoms with Gasteiger partial charge in [-0.05, 0) is 64.4 Å². The van der Waals surface area contributed by atoms with Crippen LogP contribution >= 0.6 is 0 Å². The normalized spacial score (nSPS) is 13.3. The first-order valence-corrected chi connectivity index (χ1v) is 13.1. The van der Waals surface area contributed by atoms with Crippen molar-refractivity contribution < 1.29 is 14.0 Å². The summed E-state index contributed by atoms with van der Waals surface area (Å²) in [7, 11) is 1.58. The van der Waals surface area contributed by atoms with Gasteiger partial charge in [0.2, 0.25) is 0 Å². The van der Waals surface area contributed by atoms with Gasteiger partial charge in [-0.2, -0.15) is 0 Å². The molecule has 198 valence electrons. The highest BCUT2D eigenvalue weighted by Gasteiger charge is 2.23. The van der Waals surface area contributed by atoms with E-state index in [1.54, 1.807) is 17.5 Å². The molecule has 7 heteroatoms.